The fraction of sp³-hybridized carbons (Fsp3) is 0. The van der Waals surface area contributed by atoms with Crippen molar-refractivity contribution in [1.82, 2.24) is 19.1 Å². The molecule has 0 bridgehead atoms. The molecule has 11 aromatic rings. The van der Waals surface area contributed by atoms with Crippen LogP contribution in [-0.4, -0.2) is 19.1 Å². The molecular formula is C46H28N4. The third-order valence-electron chi connectivity index (χ3n) is 10.5. The molecule has 0 atom stereocenters. The first-order valence-corrected chi connectivity index (χ1v) is 17.0. The molecule has 4 heteroatoms. The van der Waals surface area contributed by atoms with Crippen molar-refractivity contribution >= 4 is 75.9 Å². The Bertz CT molecular complexity index is 3110. The molecule has 7 aromatic carbocycles. The molecular weight excluding hydrogens is 609 g/mol. The van der Waals surface area contributed by atoms with Crippen LogP contribution in [0, 0.1) is 0 Å². The maximum absolute atomic E-state index is 4.59. The first-order chi connectivity index (χ1) is 24.8. The van der Waals surface area contributed by atoms with Crippen molar-refractivity contribution < 1.29 is 0 Å². The van der Waals surface area contributed by atoms with Crippen LogP contribution in [-0.2, 0) is 0 Å². The van der Waals surface area contributed by atoms with Crippen LogP contribution in [0.5, 0.6) is 0 Å². The summed E-state index contributed by atoms with van der Waals surface area (Å²) in [5.74, 6) is 0. The van der Waals surface area contributed by atoms with Crippen LogP contribution in [0.25, 0.3) is 98.4 Å². The van der Waals surface area contributed by atoms with Crippen LogP contribution in [0.3, 0.4) is 0 Å². The second-order valence-corrected chi connectivity index (χ2v) is 13.1. The lowest BCUT2D eigenvalue weighted by Gasteiger charge is -2.13. The molecule has 0 fully saturated rings. The van der Waals surface area contributed by atoms with Crippen molar-refractivity contribution in [2.45, 2.75) is 0 Å². The van der Waals surface area contributed by atoms with Gasteiger partial charge in [0.05, 0.1) is 34.5 Å². The average molecular weight is 637 g/mol. The summed E-state index contributed by atoms with van der Waals surface area (Å²) in [5, 5.41) is 12.4. The Morgan fingerprint density at radius 3 is 1.34 bits per heavy atom. The zero-order chi connectivity index (χ0) is 32.8. The van der Waals surface area contributed by atoms with Crippen molar-refractivity contribution in [3.63, 3.8) is 0 Å². The summed E-state index contributed by atoms with van der Waals surface area (Å²) in [7, 11) is 0. The Morgan fingerprint density at radius 1 is 0.300 bits per heavy atom. The van der Waals surface area contributed by atoms with E-state index in [0.29, 0.717) is 0 Å². The highest BCUT2D eigenvalue weighted by Gasteiger charge is 2.17. The topological polar surface area (TPSA) is 35.6 Å². The summed E-state index contributed by atoms with van der Waals surface area (Å²) in [6.45, 7) is 0. The van der Waals surface area contributed by atoms with Crippen LogP contribution < -0.4 is 0 Å². The van der Waals surface area contributed by atoms with Crippen LogP contribution in [0.15, 0.2) is 170 Å². The van der Waals surface area contributed by atoms with Crippen molar-refractivity contribution in [2.24, 2.45) is 0 Å². The second-order valence-electron chi connectivity index (χ2n) is 13.1. The van der Waals surface area contributed by atoms with Gasteiger partial charge in [-0.1, -0.05) is 84.9 Å². The number of fused-ring (bicyclic) bond motifs is 12. The zero-order valence-corrected chi connectivity index (χ0v) is 27.0. The monoisotopic (exact) mass is 636 g/mol. The maximum Gasteiger partial charge on any atom is 0.0724 e. The summed E-state index contributed by atoms with van der Waals surface area (Å²) in [5.41, 5.74) is 9.15. The summed E-state index contributed by atoms with van der Waals surface area (Å²) in [4.78, 5) is 9.07. The Morgan fingerprint density at radius 2 is 0.780 bits per heavy atom. The standard InChI is InChI=1S/C46H28N4/c1-2-8-31(9-3-1)49-43-18-14-29(24-41(43)38-20-22-47-27-45(38)49)30-15-19-44-42(25-30)39-21-23-48-28-46(39)50(44)32-16-17-37-35-12-5-4-10-33(35)34-11-6-7-13-36(34)40(37)26-32/h1-28H. The third kappa shape index (κ3) is 3.81. The van der Waals surface area contributed by atoms with Gasteiger partial charge >= 0.3 is 0 Å². The number of nitrogens with zero attached hydrogens (tertiary/aromatic N) is 4. The van der Waals surface area contributed by atoms with E-state index in [1.54, 1.807) is 0 Å². The van der Waals surface area contributed by atoms with Gasteiger partial charge in [-0.15, -0.1) is 0 Å². The quantitative estimate of drug-likeness (QED) is 0.181. The van der Waals surface area contributed by atoms with Gasteiger partial charge in [0.2, 0.25) is 0 Å². The van der Waals surface area contributed by atoms with Gasteiger partial charge in [0.15, 0.2) is 0 Å². The Hall–Kier alpha value is -6.78. The summed E-state index contributed by atoms with van der Waals surface area (Å²) >= 11 is 0. The van der Waals surface area contributed by atoms with Crippen molar-refractivity contribution in [2.75, 3.05) is 0 Å². The number of benzene rings is 7. The molecule has 0 unspecified atom stereocenters. The van der Waals surface area contributed by atoms with E-state index in [2.05, 4.69) is 165 Å². The van der Waals surface area contributed by atoms with E-state index in [9.17, 15) is 0 Å². The lowest BCUT2D eigenvalue weighted by atomic mass is 9.94. The molecule has 4 heterocycles. The highest BCUT2D eigenvalue weighted by Crippen LogP contribution is 2.40. The minimum Gasteiger partial charge on any atom is -0.308 e. The van der Waals surface area contributed by atoms with Gasteiger partial charge in [0.25, 0.3) is 0 Å². The number of hydrogen-bond donors (Lipinski definition) is 0. The number of aromatic nitrogens is 4. The molecule has 232 valence electrons. The van der Waals surface area contributed by atoms with E-state index >= 15 is 0 Å². The van der Waals surface area contributed by atoms with E-state index in [-0.39, 0.29) is 0 Å². The molecule has 0 radical (unpaired) electrons. The van der Waals surface area contributed by atoms with Gasteiger partial charge < -0.3 is 9.13 Å². The maximum atomic E-state index is 4.59. The minimum absolute atomic E-state index is 1.10. The van der Waals surface area contributed by atoms with Crippen LogP contribution in [0.1, 0.15) is 0 Å². The van der Waals surface area contributed by atoms with E-state index in [0.717, 1.165) is 27.9 Å². The van der Waals surface area contributed by atoms with E-state index in [1.165, 1.54) is 70.5 Å². The molecule has 0 aliphatic rings. The Balaban J connectivity index is 1.12. The first kappa shape index (κ1) is 27.2. The average Bonchev–Trinajstić information content (AvgIpc) is 3.70. The number of rotatable bonds is 3. The largest absolute Gasteiger partial charge is 0.308 e. The molecule has 0 saturated carbocycles. The molecule has 4 aromatic heterocycles. The second kappa shape index (κ2) is 10.4. The summed E-state index contributed by atoms with van der Waals surface area (Å²) in [6, 6.07) is 52.9. The number of pyridine rings is 2. The molecule has 0 amide bonds. The van der Waals surface area contributed by atoms with Crippen LogP contribution >= 0.6 is 0 Å². The fourth-order valence-electron chi connectivity index (χ4n) is 8.26. The molecule has 11 rings (SSSR count). The zero-order valence-electron chi connectivity index (χ0n) is 27.0. The van der Waals surface area contributed by atoms with Crippen molar-refractivity contribution in [1.29, 1.82) is 0 Å². The molecule has 50 heavy (non-hydrogen) atoms. The molecule has 0 aliphatic carbocycles. The smallest absolute Gasteiger partial charge is 0.0724 e. The predicted octanol–water partition coefficient (Wildman–Crippen LogP) is 11.8. The Labute approximate surface area is 287 Å². The summed E-state index contributed by atoms with van der Waals surface area (Å²) < 4.78 is 4.68. The minimum atomic E-state index is 1.10. The van der Waals surface area contributed by atoms with E-state index in [1.807, 2.05) is 24.8 Å². The van der Waals surface area contributed by atoms with E-state index in [4.69, 9.17) is 0 Å². The highest BCUT2D eigenvalue weighted by atomic mass is 15.0. The lowest BCUT2D eigenvalue weighted by molar-refractivity contribution is 1.17. The predicted molar refractivity (Wildman–Crippen MR) is 209 cm³/mol. The lowest BCUT2D eigenvalue weighted by Crippen LogP contribution is -1.95. The molecule has 0 spiro atoms. The van der Waals surface area contributed by atoms with Gasteiger partial charge in [-0.3, -0.25) is 9.97 Å². The molecule has 0 N–H and O–H groups in total. The van der Waals surface area contributed by atoms with Gasteiger partial charge in [-0.2, -0.15) is 0 Å². The third-order valence-corrected chi connectivity index (χ3v) is 10.5. The molecule has 0 aliphatic heterocycles. The fourth-order valence-corrected chi connectivity index (χ4v) is 8.26. The number of para-hydroxylation sites is 1. The first-order valence-electron chi connectivity index (χ1n) is 17.0. The normalized spacial score (nSPS) is 12.0. The van der Waals surface area contributed by atoms with Gasteiger partial charge in [0.1, 0.15) is 0 Å². The summed E-state index contributed by atoms with van der Waals surface area (Å²) in [6.07, 6.45) is 7.75. The number of hydrogen-bond acceptors (Lipinski definition) is 2. The van der Waals surface area contributed by atoms with Crippen molar-refractivity contribution in [3.05, 3.63) is 170 Å². The van der Waals surface area contributed by atoms with Crippen LogP contribution in [0.4, 0.5) is 0 Å². The van der Waals surface area contributed by atoms with E-state index < -0.39 is 0 Å². The van der Waals surface area contributed by atoms with Gasteiger partial charge in [-0.05, 0) is 104 Å². The van der Waals surface area contributed by atoms with Gasteiger partial charge in [0, 0.05) is 45.3 Å². The molecule has 0 saturated heterocycles. The molecule has 4 nitrogen and oxygen atoms in total. The van der Waals surface area contributed by atoms with Gasteiger partial charge in [-0.25, -0.2) is 0 Å². The van der Waals surface area contributed by atoms with Crippen molar-refractivity contribution in [3.8, 4) is 22.5 Å². The SMILES string of the molecule is c1ccc(-n2c3ccc(-c4ccc5c(c4)c4ccncc4n5-c4ccc5c6ccccc6c6ccccc6c5c4)cc3c3ccncc32)cc1. The highest BCUT2D eigenvalue weighted by molar-refractivity contribution is 6.25. The Kier molecular flexibility index (Phi) is 5.63. The van der Waals surface area contributed by atoms with Crippen LogP contribution in [0.2, 0.25) is 0 Å².